The zero-order chi connectivity index (χ0) is 19.3. The highest BCUT2D eigenvalue weighted by molar-refractivity contribution is 7.81. The monoisotopic (exact) mass is 409 g/mol. The molecule has 2 rings (SSSR count). The summed E-state index contributed by atoms with van der Waals surface area (Å²) in [5.74, 6) is 0. The number of nitrogens with zero attached hydrogens (tertiary/aromatic N) is 1. The van der Waals surface area contributed by atoms with E-state index in [4.69, 9.17) is 36.0 Å². The Morgan fingerprint density at radius 2 is 1.69 bits per heavy atom. The number of hydrazine groups is 1. The van der Waals surface area contributed by atoms with Crippen LogP contribution >= 0.6 is 36.0 Å². The standard InChI is InChI=1S/C16H16ClN5O2S2/c1-9-7-10(2)14(11(17)8-9)19-16(26)21-20-15(25)18-12-5-3-4-6-13(12)22(23)24/h3-8H,1-2H3,(H2,18,20,25)(H2,19,21,26). The number of aryl methyl sites for hydroxylation is 2. The zero-order valence-electron chi connectivity index (χ0n) is 13.9. The smallest absolute Gasteiger partial charge is 0.292 e. The summed E-state index contributed by atoms with van der Waals surface area (Å²) in [7, 11) is 0. The van der Waals surface area contributed by atoms with E-state index >= 15 is 0 Å². The summed E-state index contributed by atoms with van der Waals surface area (Å²) in [6, 6.07) is 9.98. The van der Waals surface area contributed by atoms with Gasteiger partial charge < -0.3 is 10.6 Å². The van der Waals surface area contributed by atoms with E-state index < -0.39 is 4.92 Å². The van der Waals surface area contributed by atoms with E-state index in [-0.39, 0.29) is 21.6 Å². The van der Waals surface area contributed by atoms with E-state index in [1.54, 1.807) is 18.2 Å². The predicted octanol–water partition coefficient (Wildman–Crippen LogP) is 4.05. The van der Waals surface area contributed by atoms with Crippen molar-refractivity contribution in [2.75, 3.05) is 10.6 Å². The van der Waals surface area contributed by atoms with Crippen LogP contribution in [0.3, 0.4) is 0 Å². The minimum atomic E-state index is -0.493. The van der Waals surface area contributed by atoms with E-state index in [0.29, 0.717) is 10.7 Å². The third kappa shape index (κ3) is 5.25. The third-order valence-electron chi connectivity index (χ3n) is 3.31. The SMILES string of the molecule is Cc1cc(C)c(NC(=S)NNC(=S)Nc2ccccc2[N+](=O)[O-])c(Cl)c1. The van der Waals surface area contributed by atoms with Gasteiger partial charge in [0.2, 0.25) is 0 Å². The Bertz CT molecular complexity index is 852. The van der Waals surface area contributed by atoms with Crippen LogP contribution < -0.4 is 21.5 Å². The molecule has 7 nitrogen and oxygen atoms in total. The summed E-state index contributed by atoms with van der Waals surface area (Å²) in [6.45, 7) is 3.87. The Kier molecular flexibility index (Phi) is 6.67. The molecular formula is C16H16ClN5O2S2. The molecule has 0 aliphatic carbocycles. The molecule has 0 fully saturated rings. The summed E-state index contributed by atoms with van der Waals surface area (Å²) in [5.41, 5.74) is 8.24. The van der Waals surface area contributed by atoms with Gasteiger partial charge in [0.25, 0.3) is 5.69 Å². The number of hydrogen-bond donors (Lipinski definition) is 4. The molecule has 136 valence electrons. The van der Waals surface area contributed by atoms with Crippen molar-refractivity contribution in [1.29, 1.82) is 0 Å². The second-order valence-corrected chi connectivity index (χ2v) is 6.59. The Hall–Kier alpha value is -2.49. The highest BCUT2D eigenvalue weighted by Gasteiger charge is 2.13. The molecule has 0 amide bonds. The number of benzene rings is 2. The third-order valence-corrected chi connectivity index (χ3v) is 4.02. The number of thiocarbonyl (C=S) groups is 2. The lowest BCUT2D eigenvalue weighted by Crippen LogP contribution is -2.45. The zero-order valence-corrected chi connectivity index (χ0v) is 16.3. The van der Waals surface area contributed by atoms with E-state index in [1.807, 2.05) is 26.0 Å². The van der Waals surface area contributed by atoms with Gasteiger partial charge in [0, 0.05) is 6.07 Å². The Morgan fingerprint density at radius 1 is 1.08 bits per heavy atom. The van der Waals surface area contributed by atoms with E-state index in [1.165, 1.54) is 6.07 Å². The Morgan fingerprint density at radius 3 is 2.31 bits per heavy atom. The van der Waals surface area contributed by atoms with Gasteiger partial charge in [-0.1, -0.05) is 29.8 Å². The molecule has 0 aliphatic heterocycles. The Balaban J connectivity index is 1.94. The van der Waals surface area contributed by atoms with Crippen molar-refractivity contribution < 1.29 is 4.92 Å². The maximum Gasteiger partial charge on any atom is 0.292 e. The fourth-order valence-electron chi connectivity index (χ4n) is 2.22. The van der Waals surface area contributed by atoms with Gasteiger partial charge >= 0.3 is 0 Å². The maximum absolute atomic E-state index is 11.0. The minimum Gasteiger partial charge on any atom is -0.330 e. The number of nitro benzene ring substituents is 1. The second-order valence-electron chi connectivity index (χ2n) is 5.37. The lowest BCUT2D eigenvalue weighted by atomic mass is 10.1. The number of para-hydroxylation sites is 2. The molecule has 0 aromatic heterocycles. The van der Waals surface area contributed by atoms with Gasteiger partial charge in [-0.05, 0) is 61.5 Å². The first-order chi connectivity index (χ1) is 12.3. The molecular weight excluding hydrogens is 394 g/mol. The fourth-order valence-corrected chi connectivity index (χ4v) is 2.91. The van der Waals surface area contributed by atoms with Crippen molar-refractivity contribution in [2.24, 2.45) is 0 Å². The van der Waals surface area contributed by atoms with Gasteiger partial charge in [-0.3, -0.25) is 21.0 Å². The highest BCUT2D eigenvalue weighted by atomic mass is 35.5. The molecule has 0 radical (unpaired) electrons. The van der Waals surface area contributed by atoms with Crippen LogP contribution in [0.25, 0.3) is 0 Å². The quantitative estimate of drug-likeness (QED) is 0.343. The number of nitrogens with one attached hydrogen (secondary N) is 4. The van der Waals surface area contributed by atoms with Crippen LogP contribution in [0.4, 0.5) is 17.1 Å². The molecule has 26 heavy (non-hydrogen) atoms. The normalized spacial score (nSPS) is 9.96. The lowest BCUT2D eigenvalue weighted by Gasteiger charge is -2.16. The molecule has 0 aliphatic rings. The van der Waals surface area contributed by atoms with Gasteiger partial charge in [-0.2, -0.15) is 0 Å². The van der Waals surface area contributed by atoms with Crippen LogP contribution in [0, 0.1) is 24.0 Å². The van der Waals surface area contributed by atoms with Crippen LogP contribution in [-0.4, -0.2) is 15.1 Å². The molecule has 0 heterocycles. The number of anilines is 2. The molecule has 0 unspecified atom stereocenters. The van der Waals surface area contributed by atoms with Crippen LogP contribution in [0.2, 0.25) is 5.02 Å². The van der Waals surface area contributed by atoms with Gasteiger partial charge in [-0.25, -0.2) is 0 Å². The second kappa shape index (κ2) is 8.75. The van der Waals surface area contributed by atoms with Crippen LogP contribution in [0.5, 0.6) is 0 Å². The van der Waals surface area contributed by atoms with Crippen molar-refractivity contribution in [2.45, 2.75) is 13.8 Å². The fraction of sp³-hybridized carbons (Fsp3) is 0.125. The van der Waals surface area contributed by atoms with E-state index in [2.05, 4.69) is 21.5 Å². The van der Waals surface area contributed by atoms with Crippen molar-refractivity contribution in [3.8, 4) is 0 Å². The maximum atomic E-state index is 11.0. The molecule has 0 atom stereocenters. The van der Waals surface area contributed by atoms with Crippen molar-refractivity contribution in [3.63, 3.8) is 0 Å². The van der Waals surface area contributed by atoms with Gasteiger partial charge in [0.05, 0.1) is 15.6 Å². The average molecular weight is 410 g/mol. The van der Waals surface area contributed by atoms with Crippen LogP contribution in [-0.2, 0) is 0 Å². The lowest BCUT2D eigenvalue weighted by molar-refractivity contribution is -0.383. The molecule has 0 bridgehead atoms. The number of rotatable bonds is 3. The summed E-state index contributed by atoms with van der Waals surface area (Å²) in [4.78, 5) is 10.5. The summed E-state index contributed by atoms with van der Waals surface area (Å²) >= 11 is 16.5. The largest absolute Gasteiger partial charge is 0.330 e. The Labute approximate surface area is 166 Å². The number of nitro groups is 1. The molecule has 0 saturated heterocycles. The number of halogens is 1. The molecule has 0 spiro atoms. The van der Waals surface area contributed by atoms with E-state index in [0.717, 1.165) is 11.1 Å². The van der Waals surface area contributed by atoms with Crippen molar-refractivity contribution in [1.82, 2.24) is 10.9 Å². The average Bonchev–Trinajstić information content (AvgIpc) is 2.56. The minimum absolute atomic E-state index is 0.0839. The first kappa shape index (κ1) is 19.8. The highest BCUT2D eigenvalue weighted by Crippen LogP contribution is 2.27. The van der Waals surface area contributed by atoms with Crippen molar-refractivity contribution >= 4 is 63.3 Å². The van der Waals surface area contributed by atoms with Gasteiger partial charge in [0.1, 0.15) is 5.69 Å². The van der Waals surface area contributed by atoms with E-state index in [9.17, 15) is 10.1 Å². The summed E-state index contributed by atoms with van der Waals surface area (Å²) in [6.07, 6.45) is 0. The molecule has 4 N–H and O–H groups in total. The number of hydrogen-bond acceptors (Lipinski definition) is 4. The summed E-state index contributed by atoms with van der Waals surface area (Å²) < 4.78 is 0. The van der Waals surface area contributed by atoms with Crippen LogP contribution in [0.1, 0.15) is 11.1 Å². The van der Waals surface area contributed by atoms with Crippen molar-refractivity contribution in [3.05, 3.63) is 62.7 Å². The van der Waals surface area contributed by atoms with Gasteiger partial charge in [0.15, 0.2) is 10.2 Å². The van der Waals surface area contributed by atoms with Gasteiger partial charge in [-0.15, -0.1) is 0 Å². The molecule has 10 heteroatoms. The molecule has 2 aromatic rings. The molecule has 0 saturated carbocycles. The first-order valence-corrected chi connectivity index (χ1v) is 8.61. The predicted molar refractivity (Wildman–Crippen MR) is 113 cm³/mol. The summed E-state index contributed by atoms with van der Waals surface area (Å²) in [5, 5.41) is 17.6. The van der Waals surface area contributed by atoms with Crippen LogP contribution in [0.15, 0.2) is 36.4 Å². The first-order valence-electron chi connectivity index (χ1n) is 7.42. The topological polar surface area (TPSA) is 91.3 Å². The molecule has 2 aromatic carbocycles.